The van der Waals surface area contributed by atoms with E-state index in [4.69, 9.17) is 4.74 Å². The lowest BCUT2D eigenvalue weighted by Crippen LogP contribution is -2.32. The molecule has 1 atom stereocenters. The standard InChI is InChI=1S/C32H36N6O2/c1-6-30(31-34-35-36-38(31)19-25-11-13-28(40-5)14-12-25)37(18-24-9-7-21(2)8-10-24)20-27-17-26-15-22(3)23(4)16-29(26)33-32(27)39/h7-17,30H,6,18-20H2,1-5H3,(H,33,39)/t30-/m0/s1. The van der Waals surface area contributed by atoms with Gasteiger partial charge in [-0.2, -0.15) is 0 Å². The Morgan fingerprint density at radius 1 is 0.925 bits per heavy atom. The highest BCUT2D eigenvalue weighted by molar-refractivity contribution is 5.80. The predicted molar refractivity (Wildman–Crippen MR) is 157 cm³/mol. The fourth-order valence-corrected chi connectivity index (χ4v) is 5.13. The maximum Gasteiger partial charge on any atom is 0.252 e. The summed E-state index contributed by atoms with van der Waals surface area (Å²) in [6.07, 6.45) is 0.776. The Kier molecular flexibility index (Phi) is 8.07. The van der Waals surface area contributed by atoms with Crippen LogP contribution in [0.25, 0.3) is 10.9 Å². The predicted octanol–water partition coefficient (Wildman–Crippen LogP) is 5.65. The molecule has 0 saturated heterocycles. The number of ether oxygens (including phenoxy) is 1. The van der Waals surface area contributed by atoms with Crippen LogP contribution in [0.1, 0.15) is 58.6 Å². The number of nitrogens with one attached hydrogen (secondary N) is 1. The highest BCUT2D eigenvalue weighted by atomic mass is 16.5. The molecule has 40 heavy (non-hydrogen) atoms. The normalized spacial score (nSPS) is 12.2. The first-order valence-corrected chi connectivity index (χ1v) is 13.7. The van der Waals surface area contributed by atoms with E-state index in [2.05, 4.69) is 83.4 Å². The van der Waals surface area contributed by atoms with E-state index < -0.39 is 0 Å². The van der Waals surface area contributed by atoms with Crippen LogP contribution >= 0.6 is 0 Å². The summed E-state index contributed by atoms with van der Waals surface area (Å²) in [4.78, 5) is 18.7. The Hall–Kier alpha value is -4.30. The Morgan fingerprint density at radius 2 is 1.62 bits per heavy atom. The Bertz CT molecular complexity index is 1650. The second-order valence-corrected chi connectivity index (χ2v) is 10.5. The SMILES string of the molecule is CC[C@@H](c1nnnn1Cc1ccc(OC)cc1)N(Cc1ccc(C)cc1)Cc1cc2cc(C)c(C)cc2[nH]c1=O. The summed E-state index contributed by atoms with van der Waals surface area (Å²) in [5.74, 6) is 1.58. The zero-order valence-corrected chi connectivity index (χ0v) is 23.8. The minimum absolute atomic E-state index is 0.0719. The quantitative estimate of drug-likeness (QED) is 0.248. The van der Waals surface area contributed by atoms with Gasteiger partial charge in [-0.05, 0) is 95.6 Å². The van der Waals surface area contributed by atoms with Gasteiger partial charge in [0, 0.05) is 24.2 Å². The number of methoxy groups -OCH3 is 1. The monoisotopic (exact) mass is 536 g/mol. The third-order valence-corrected chi connectivity index (χ3v) is 7.59. The van der Waals surface area contributed by atoms with Crippen molar-refractivity contribution in [2.24, 2.45) is 0 Å². The topological polar surface area (TPSA) is 88.9 Å². The molecule has 0 saturated carbocycles. The number of rotatable bonds is 10. The number of benzene rings is 3. The number of pyridine rings is 1. The van der Waals surface area contributed by atoms with Crippen LogP contribution in [0.4, 0.5) is 0 Å². The number of hydrogen-bond acceptors (Lipinski definition) is 6. The molecule has 8 nitrogen and oxygen atoms in total. The molecular weight excluding hydrogens is 500 g/mol. The minimum Gasteiger partial charge on any atom is -0.497 e. The average Bonchev–Trinajstić information content (AvgIpc) is 3.40. The zero-order chi connectivity index (χ0) is 28.2. The van der Waals surface area contributed by atoms with E-state index in [0.29, 0.717) is 19.6 Å². The summed E-state index contributed by atoms with van der Waals surface area (Å²) in [6.45, 7) is 10.0. The molecule has 0 aliphatic rings. The number of tetrazole rings is 1. The third kappa shape index (κ3) is 5.97. The smallest absolute Gasteiger partial charge is 0.252 e. The van der Waals surface area contributed by atoms with Crippen molar-refractivity contribution < 1.29 is 4.74 Å². The summed E-state index contributed by atoms with van der Waals surface area (Å²) in [5, 5.41) is 13.9. The number of nitrogens with zero attached hydrogens (tertiary/aromatic N) is 5. The van der Waals surface area contributed by atoms with Gasteiger partial charge < -0.3 is 9.72 Å². The summed E-state index contributed by atoms with van der Waals surface area (Å²) in [5.41, 5.74) is 7.32. The lowest BCUT2D eigenvalue weighted by molar-refractivity contribution is 0.161. The molecule has 1 N–H and O–H groups in total. The van der Waals surface area contributed by atoms with Gasteiger partial charge in [0.1, 0.15) is 5.75 Å². The van der Waals surface area contributed by atoms with Crippen molar-refractivity contribution in [3.8, 4) is 5.75 Å². The van der Waals surface area contributed by atoms with Crippen molar-refractivity contribution in [1.29, 1.82) is 0 Å². The molecule has 2 aromatic heterocycles. The molecule has 3 aromatic carbocycles. The van der Waals surface area contributed by atoms with Gasteiger partial charge in [0.25, 0.3) is 5.56 Å². The van der Waals surface area contributed by atoms with Crippen LogP contribution in [0.15, 0.2) is 71.5 Å². The van der Waals surface area contributed by atoms with Gasteiger partial charge in [-0.1, -0.05) is 48.9 Å². The molecule has 0 bridgehead atoms. The van der Waals surface area contributed by atoms with Gasteiger partial charge in [-0.15, -0.1) is 5.10 Å². The molecule has 0 aliphatic carbocycles. The van der Waals surface area contributed by atoms with Crippen LogP contribution in [-0.4, -0.2) is 37.2 Å². The van der Waals surface area contributed by atoms with Gasteiger partial charge in [-0.3, -0.25) is 9.69 Å². The molecule has 0 radical (unpaired) electrons. The van der Waals surface area contributed by atoms with Gasteiger partial charge in [0.15, 0.2) is 5.82 Å². The molecule has 0 fully saturated rings. The number of fused-ring (bicyclic) bond motifs is 1. The van der Waals surface area contributed by atoms with E-state index >= 15 is 0 Å². The van der Waals surface area contributed by atoms with E-state index in [1.165, 1.54) is 16.7 Å². The van der Waals surface area contributed by atoms with Crippen LogP contribution in [0.2, 0.25) is 0 Å². The first-order valence-electron chi connectivity index (χ1n) is 13.7. The van der Waals surface area contributed by atoms with E-state index in [1.54, 1.807) is 7.11 Å². The second-order valence-electron chi connectivity index (χ2n) is 10.5. The first kappa shape index (κ1) is 27.3. The van der Waals surface area contributed by atoms with Crippen LogP contribution < -0.4 is 10.3 Å². The van der Waals surface area contributed by atoms with Crippen LogP contribution in [0.3, 0.4) is 0 Å². The minimum atomic E-state index is -0.107. The van der Waals surface area contributed by atoms with Crippen molar-refractivity contribution >= 4 is 10.9 Å². The number of hydrogen-bond donors (Lipinski definition) is 1. The summed E-state index contributed by atoms with van der Waals surface area (Å²) >= 11 is 0. The van der Waals surface area contributed by atoms with E-state index in [9.17, 15) is 4.79 Å². The largest absolute Gasteiger partial charge is 0.497 e. The molecule has 5 aromatic rings. The van der Waals surface area contributed by atoms with Crippen molar-refractivity contribution in [1.82, 2.24) is 30.1 Å². The maximum absolute atomic E-state index is 13.3. The number of aromatic amines is 1. The molecular formula is C32H36N6O2. The Morgan fingerprint density at radius 3 is 2.33 bits per heavy atom. The fourth-order valence-electron chi connectivity index (χ4n) is 5.13. The average molecular weight is 537 g/mol. The highest BCUT2D eigenvalue weighted by Gasteiger charge is 2.26. The number of H-pyrrole nitrogens is 1. The first-order chi connectivity index (χ1) is 19.3. The van der Waals surface area contributed by atoms with Gasteiger partial charge in [-0.25, -0.2) is 4.68 Å². The van der Waals surface area contributed by atoms with Crippen LogP contribution in [0, 0.1) is 20.8 Å². The maximum atomic E-state index is 13.3. The van der Waals surface area contributed by atoms with Gasteiger partial charge in [0.2, 0.25) is 0 Å². The molecule has 206 valence electrons. The van der Waals surface area contributed by atoms with Crippen molar-refractivity contribution in [3.05, 3.63) is 116 Å². The number of aromatic nitrogens is 5. The van der Waals surface area contributed by atoms with Crippen molar-refractivity contribution in [2.45, 2.75) is 59.8 Å². The molecule has 2 heterocycles. The molecule has 0 spiro atoms. The Labute approximate surface area is 234 Å². The molecule has 0 amide bonds. The molecule has 0 unspecified atom stereocenters. The zero-order valence-electron chi connectivity index (χ0n) is 23.8. The lowest BCUT2D eigenvalue weighted by atomic mass is 10.0. The van der Waals surface area contributed by atoms with E-state index in [1.807, 2.05) is 41.1 Å². The summed E-state index contributed by atoms with van der Waals surface area (Å²) < 4.78 is 7.16. The van der Waals surface area contributed by atoms with Crippen molar-refractivity contribution in [2.75, 3.05) is 7.11 Å². The van der Waals surface area contributed by atoms with Gasteiger partial charge >= 0.3 is 0 Å². The summed E-state index contributed by atoms with van der Waals surface area (Å²) in [6, 6.07) is 22.6. The fraction of sp³-hybridized carbons (Fsp3) is 0.312. The van der Waals surface area contributed by atoms with E-state index in [0.717, 1.165) is 45.6 Å². The molecule has 0 aliphatic heterocycles. The number of aryl methyl sites for hydroxylation is 3. The van der Waals surface area contributed by atoms with E-state index in [-0.39, 0.29) is 11.6 Å². The third-order valence-electron chi connectivity index (χ3n) is 7.59. The van der Waals surface area contributed by atoms with Crippen LogP contribution in [-0.2, 0) is 19.6 Å². The second kappa shape index (κ2) is 11.8. The highest BCUT2D eigenvalue weighted by Crippen LogP contribution is 2.27. The molecule has 8 heteroatoms. The van der Waals surface area contributed by atoms with Crippen molar-refractivity contribution in [3.63, 3.8) is 0 Å². The van der Waals surface area contributed by atoms with Gasteiger partial charge in [0.05, 0.1) is 19.7 Å². The molecule has 5 rings (SSSR count). The summed E-state index contributed by atoms with van der Waals surface area (Å²) in [7, 11) is 1.66. The lowest BCUT2D eigenvalue weighted by Gasteiger charge is -2.30. The Balaban J connectivity index is 1.51. The van der Waals surface area contributed by atoms with Crippen LogP contribution in [0.5, 0.6) is 5.75 Å².